The van der Waals surface area contributed by atoms with E-state index in [0.717, 1.165) is 16.1 Å². The molecule has 4 rings (SSSR count). The lowest BCUT2D eigenvalue weighted by Gasteiger charge is -2.18. The van der Waals surface area contributed by atoms with Gasteiger partial charge in [-0.05, 0) is 48.4 Å². The van der Waals surface area contributed by atoms with Gasteiger partial charge in [0.2, 0.25) is 0 Å². The summed E-state index contributed by atoms with van der Waals surface area (Å²) in [5, 5.41) is 12.7. The van der Waals surface area contributed by atoms with E-state index in [2.05, 4.69) is 15.3 Å². The van der Waals surface area contributed by atoms with Crippen LogP contribution in [0.1, 0.15) is 22.5 Å². The molecule has 0 bridgehead atoms. The minimum atomic E-state index is -0.564. The second kappa shape index (κ2) is 10.4. The van der Waals surface area contributed by atoms with Crippen LogP contribution in [0.5, 0.6) is 0 Å². The minimum absolute atomic E-state index is 0.106. The minimum Gasteiger partial charge on any atom is -0.396 e. The summed E-state index contributed by atoms with van der Waals surface area (Å²) in [5.74, 6) is -1.37. The smallest absolute Gasteiger partial charge is 0.252 e. The summed E-state index contributed by atoms with van der Waals surface area (Å²) in [6.07, 6.45) is 4.01. The third-order valence-electron chi connectivity index (χ3n) is 5.10. The molecule has 168 valence electrons. The van der Waals surface area contributed by atoms with Crippen molar-refractivity contribution in [3.05, 3.63) is 95.9 Å². The van der Waals surface area contributed by atoms with Gasteiger partial charge in [0.05, 0.1) is 16.0 Å². The first-order chi connectivity index (χ1) is 16.0. The Hall–Kier alpha value is -3.49. The zero-order chi connectivity index (χ0) is 23.2. The van der Waals surface area contributed by atoms with Crippen LogP contribution in [0.4, 0.5) is 8.78 Å². The number of amides is 1. The van der Waals surface area contributed by atoms with Gasteiger partial charge in [0, 0.05) is 37.2 Å². The number of aliphatic hydroxyl groups is 1. The highest BCUT2D eigenvalue weighted by Crippen LogP contribution is 2.35. The molecule has 0 spiro atoms. The van der Waals surface area contributed by atoms with Crippen molar-refractivity contribution in [3.63, 3.8) is 0 Å². The van der Waals surface area contributed by atoms with Crippen molar-refractivity contribution in [1.82, 2.24) is 15.3 Å². The zero-order valence-corrected chi connectivity index (χ0v) is 18.4. The number of thiazole rings is 1. The lowest BCUT2D eigenvalue weighted by atomic mass is 10.0. The molecule has 0 saturated heterocycles. The maximum Gasteiger partial charge on any atom is 0.252 e. The summed E-state index contributed by atoms with van der Waals surface area (Å²) in [6.45, 7) is -0.110. The SMILES string of the molecule is O=C(N[C@@H](CCO)Cc1ccccn1)c1cccc(F)c1-c1ncc(-c2ccc(F)cc2)s1. The largest absolute Gasteiger partial charge is 0.396 e. The fraction of sp³-hybridized carbons (Fsp3) is 0.160. The predicted octanol–water partition coefficient (Wildman–Crippen LogP) is 4.87. The van der Waals surface area contributed by atoms with E-state index in [1.165, 1.54) is 35.6 Å². The van der Waals surface area contributed by atoms with Gasteiger partial charge in [-0.3, -0.25) is 9.78 Å². The summed E-state index contributed by atoms with van der Waals surface area (Å²) < 4.78 is 28.1. The van der Waals surface area contributed by atoms with Crippen molar-refractivity contribution in [2.75, 3.05) is 6.61 Å². The fourth-order valence-electron chi connectivity index (χ4n) is 3.48. The van der Waals surface area contributed by atoms with Gasteiger partial charge in [-0.1, -0.05) is 24.3 Å². The van der Waals surface area contributed by atoms with E-state index >= 15 is 0 Å². The van der Waals surface area contributed by atoms with E-state index in [1.54, 1.807) is 36.7 Å². The van der Waals surface area contributed by atoms with Gasteiger partial charge in [-0.25, -0.2) is 13.8 Å². The zero-order valence-electron chi connectivity index (χ0n) is 17.5. The molecule has 5 nitrogen and oxygen atoms in total. The lowest BCUT2D eigenvalue weighted by Crippen LogP contribution is -2.37. The molecule has 1 atom stereocenters. The van der Waals surface area contributed by atoms with Gasteiger partial charge < -0.3 is 10.4 Å². The summed E-state index contributed by atoms with van der Waals surface area (Å²) >= 11 is 1.22. The molecule has 0 unspecified atom stereocenters. The number of aromatic nitrogens is 2. The van der Waals surface area contributed by atoms with Crippen molar-refractivity contribution >= 4 is 17.2 Å². The molecule has 2 N–H and O–H groups in total. The van der Waals surface area contributed by atoms with E-state index in [4.69, 9.17) is 0 Å². The standard InChI is InChI=1S/C25H21F2N3O2S/c26-17-9-7-16(8-10-17)22-15-29-25(33-22)23-20(5-3-6-21(23)27)24(32)30-19(11-13-31)14-18-4-1-2-12-28-18/h1-10,12,15,19,31H,11,13-14H2,(H,30,32)/t19-/m0/s1. The summed E-state index contributed by atoms with van der Waals surface area (Å²) in [4.78, 5) is 22.5. The number of nitrogens with one attached hydrogen (secondary N) is 1. The molecule has 0 saturated carbocycles. The van der Waals surface area contributed by atoms with Gasteiger partial charge in [0.15, 0.2) is 0 Å². The first-order valence-electron chi connectivity index (χ1n) is 10.4. The number of carbonyl (C=O) groups is 1. The summed E-state index contributed by atoms with van der Waals surface area (Å²) in [5.41, 5.74) is 1.79. The van der Waals surface area contributed by atoms with Crippen LogP contribution >= 0.6 is 11.3 Å². The quantitative estimate of drug-likeness (QED) is 0.389. The van der Waals surface area contributed by atoms with E-state index < -0.39 is 11.7 Å². The van der Waals surface area contributed by atoms with Crippen molar-refractivity contribution in [2.24, 2.45) is 0 Å². The van der Waals surface area contributed by atoms with Crippen molar-refractivity contribution in [3.8, 4) is 21.0 Å². The first kappa shape index (κ1) is 22.7. The maximum atomic E-state index is 14.9. The number of halogens is 2. The average Bonchev–Trinajstić information content (AvgIpc) is 3.30. The average molecular weight is 466 g/mol. The highest BCUT2D eigenvalue weighted by atomic mass is 32.1. The molecule has 0 aliphatic rings. The van der Waals surface area contributed by atoms with Crippen molar-refractivity contribution in [2.45, 2.75) is 18.9 Å². The highest BCUT2D eigenvalue weighted by Gasteiger charge is 2.22. The first-order valence-corrected chi connectivity index (χ1v) is 11.2. The lowest BCUT2D eigenvalue weighted by molar-refractivity contribution is 0.0930. The Kier molecular flexibility index (Phi) is 7.16. The topological polar surface area (TPSA) is 75.1 Å². The molecule has 0 aliphatic heterocycles. The van der Waals surface area contributed by atoms with E-state index in [0.29, 0.717) is 17.8 Å². The Bertz CT molecular complexity index is 1230. The monoisotopic (exact) mass is 465 g/mol. The van der Waals surface area contributed by atoms with Crippen LogP contribution in [0.2, 0.25) is 0 Å². The third-order valence-corrected chi connectivity index (χ3v) is 6.16. The Balaban J connectivity index is 1.61. The Morgan fingerprint density at radius 2 is 1.85 bits per heavy atom. The molecular weight excluding hydrogens is 444 g/mol. The van der Waals surface area contributed by atoms with Gasteiger partial charge in [-0.2, -0.15) is 0 Å². The molecule has 0 fully saturated rings. The number of rotatable bonds is 8. The molecule has 2 heterocycles. The summed E-state index contributed by atoms with van der Waals surface area (Å²) in [6, 6.07) is 15.4. The molecular formula is C25H21F2N3O2S. The number of pyridine rings is 1. The van der Waals surface area contributed by atoms with Crippen LogP contribution in [-0.2, 0) is 6.42 Å². The van der Waals surface area contributed by atoms with E-state index in [9.17, 15) is 18.7 Å². The predicted molar refractivity (Wildman–Crippen MR) is 124 cm³/mol. The van der Waals surface area contributed by atoms with Crippen LogP contribution in [0.25, 0.3) is 21.0 Å². The summed E-state index contributed by atoms with van der Waals surface area (Å²) in [7, 11) is 0. The van der Waals surface area contributed by atoms with Crippen LogP contribution in [-0.4, -0.2) is 33.6 Å². The molecule has 33 heavy (non-hydrogen) atoms. The van der Waals surface area contributed by atoms with Crippen LogP contribution in [0.15, 0.2) is 73.1 Å². The van der Waals surface area contributed by atoms with Crippen LogP contribution < -0.4 is 5.32 Å². The molecule has 1 amide bonds. The fourth-order valence-corrected chi connectivity index (χ4v) is 4.47. The van der Waals surface area contributed by atoms with E-state index in [1.807, 2.05) is 12.1 Å². The third kappa shape index (κ3) is 5.47. The number of benzene rings is 2. The number of nitrogens with zero attached hydrogens (tertiary/aromatic N) is 2. The van der Waals surface area contributed by atoms with Gasteiger partial charge in [-0.15, -0.1) is 11.3 Å². The van der Waals surface area contributed by atoms with Crippen LogP contribution in [0.3, 0.4) is 0 Å². The second-order valence-electron chi connectivity index (χ2n) is 7.41. The Labute approximate surface area is 193 Å². The Morgan fingerprint density at radius 1 is 1.03 bits per heavy atom. The Morgan fingerprint density at radius 3 is 2.58 bits per heavy atom. The highest BCUT2D eigenvalue weighted by molar-refractivity contribution is 7.18. The van der Waals surface area contributed by atoms with Crippen molar-refractivity contribution < 1.29 is 18.7 Å². The van der Waals surface area contributed by atoms with Crippen molar-refractivity contribution in [1.29, 1.82) is 0 Å². The number of hydrogen-bond donors (Lipinski definition) is 2. The molecule has 4 aromatic rings. The van der Waals surface area contributed by atoms with Gasteiger partial charge in [0.25, 0.3) is 5.91 Å². The van der Waals surface area contributed by atoms with E-state index in [-0.39, 0.29) is 29.6 Å². The molecule has 0 aliphatic carbocycles. The molecule has 8 heteroatoms. The molecule has 0 radical (unpaired) electrons. The number of hydrogen-bond acceptors (Lipinski definition) is 5. The van der Waals surface area contributed by atoms with Gasteiger partial charge in [0.1, 0.15) is 16.6 Å². The number of carbonyl (C=O) groups excluding carboxylic acids is 1. The maximum absolute atomic E-state index is 14.9. The molecule has 2 aromatic carbocycles. The second-order valence-corrected chi connectivity index (χ2v) is 8.44. The van der Waals surface area contributed by atoms with Gasteiger partial charge >= 0.3 is 0 Å². The normalized spacial score (nSPS) is 11.8. The molecule has 2 aromatic heterocycles. The number of aliphatic hydroxyl groups excluding tert-OH is 1. The van der Waals surface area contributed by atoms with Crippen LogP contribution in [0, 0.1) is 11.6 Å².